The molecule has 0 spiro atoms. The van der Waals surface area contributed by atoms with Crippen LogP contribution in [0.3, 0.4) is 0 Å². The SMILES string of the molecule is N#Cc1cc(C(F)(F)F)ccc1N1CCC(NS(=O)(=O)c2ccc(F)cc2)CC1. The Bertz CT molecular complexity index is 1020. The van der Waals surface area contributed by atoms with E-state index in [-0.39, 0.29) is 16.5 Å². The van der Waals surface area contributed by atoms with Gasteiger partial charge in [-0.15, -0.1) is 0 Å². The number of nitriles is 1. The Labute approximate surface area is 165 Å². The lowest BCUT2D eigenvalue weighted by molar-refractivity contribution is -0.137. The molecular formula is C19H17F4N3O2S. The molecule has 1 N–H and O–H groups in total. The minimum atomic E-state index is -4.53. The largest absolute Gasteiger partial charge is 0.416 e. The first-order valence-electron chi connectivity index (χ1n) is 8.74. The molecule has 0 unspecified atom stereocenters. The molecule has 1 saturated heterocycles. The van der Waals surface area contributed by atoms with E-state index in [9.17, 15) is 31.2 Å². The highest BCUT2D eigenvalue weighted by Gasteiger charge is 2.32. The van der Waals surface area contributed by atoms with Crippen molar-refractivity contribution in [1.29, 1.82) is 5.26 Å². The van der Waals surface area contributed by atoms with Gasteiger partial charge < -0.3 is 4.90 Å². The molecule has 0 aromatic heterocycles. The number of sulfonamides is 1. The fourth-order valence-corrected chi connectivity index (χ4v) is 4.52. The third-order valence-corrected chi connectivity index (χ3v) is 6.26. The van der Waals surface area contributed by atoms with Crippen molar-refractivity contribution in [3.8, 4) is 6.07 Å². The van der Waals surface area contributed by atoms with Gasteiger partial charge in [-0.2, -0.15) is 18.4 Å². The molecule has 10 heteroatoms. The van der Waals surface area contributed by atoms with E-state index < -0.39 is 27.6 Å². The third-order valence-electron chi connectivity index (χ3n) is 4.73. The van der Waals surface area contributed by atoms with E-state index in [1.54, 1.807) is 11.0 Å². The maximum atomic E-state index is 13.0. The van der Waals surface area contributed by atoms with Crippen LogP contribution in [-0.4, -0.2) is 27.5 Å². The third kappa shape index (κ3) is 4.86. The van der Waals surface area contributed by atoms with E-state index >= 15 is 0 Å². The second-order valence-electron chi connectivity index (χ2n) is 6.68. The van der Waals surface area contributed by atoms with Crippen molar-refractivity contribution >= 4 is 15.7 Å². The first kappa shape index (κ1) is 21.1. The first-order valence-corrected chi connectivity index (χ1v) is 10.2. The number of nitrogens with zero attached hydrogens (tertiary/aromatic N) is 2. The molecule has 0 amide bonds. The number of hydrogen-bond acceptors (Lipinski definition) is 4. The lowest BCUT2D eigenvalue weighted by atomic mass is 10.0. The molecule has 0 bridgehead atoms. The van der Waals surface area contributed by atoms with Crippen molar-refractivity contribution in [3.63, 3.8) is 0 Å². The average molecular weight is 427 g/mol. The molecule has 1 fully saturated rings. The number of rotatable bonds is 4. The van der Waals surface area contributed by atoms with Crippen LogP contribution >= 0.6 is 0 Å². The van der Waals surface area contributed by atoms with Crippen molar-refractivity contribution < 1.29 is 26.0 Å². The summed E-state index contributed by atoms with van der Waals surface area (Å²) < 4.78 is 78.9. The highest BCUT2D eigenvalue weighted by molar-refractivity contribution is 7.89. The van der Waals surface area contributed by atoms with Crippen LogP contribution < -0.4 is 9.62 Å². The van der Waals surface area contributed by atoms with Crippen molar-refractivity contribution in [3.05, 3.63) is 59.4 Å². The Balaban J connectivity index is 1.68. The summed E-state index contributed by atoms with van der Waals surface area (Å²) in [5, 5.41) is 9.23. The molecule has 3 rings (SSSR count). The van der Waals surface area contributed by atoms with E-state index in [0.29, 0.717) is 31.6 Å². The van der Waals surface area contributed by atoms with E-state index in [1.807, 2.05) is 0 Å². The molecule has 2 aromatic carbocycles. The van der Waals surface area contributed by atoms with Gasteiger partial charge in [0.2, 0.25) is 10.0 Å². The fourth-order valence-electron chi connectivity index (χ4n) is 3.22. The van der Waals surface area contributed by atoms with Gasteiger partial charge >= 0.3 is 6.18 Å². The van der Waals surface area contributed by atoms with Crippen molar-refractivity contribution in [2.75, 3.05) is 18.0 Å². The van der Waals surface area contributed by atoms with Gasteiger partial charge in [0.25, 0.3) is 0 Å². The number of benzene rings is 2. The maximum absolute atomic E-state index is 13.0. The molecule has 0 saturated carbocycles. The van der Waals surface area contributed by atoms with Crippen molar-refractivity contribution in [1.82, 2.24) is 4.72 Å². The Kier molecular flexibility index (Phi) is 5.82. The van der Waals surface area contributed by atoms with Gasteiger partial charge in [-0.05, 0) is 55.3 Å². The number of piperidine rings is 1. The van der Waals surface area contributed by atoms with Crippen LogP contribution in [0.2, 0.25) is 0 Å². The molecule has 5 nitrogen and oxygen atoms in total. The Morgan fingerprint density at radius 3 is 2.24 bits per heavy atom. The number of alkyl halides is 3. The molecule has 154 valence electrons. The molecule has 0 radical (unpaired) electrons. The first-order chi connectivity index (χ1) is 13.6. The summed E-state index contributed by atoms with van der Waals surface area (Å²) in [4.78, 5) is 1.72. The highest BCUT2D eigenvalue weighted by atomic mass is 32.2. The zero-order chi connectivity index (χ0) is 21.2. The van der Waals surface area contributed by atoms with Crippen LogP contribution in [0.15, 0.2) is 47.4 Å². The molecule has 0 aliphatic carbocycles. The normalized spacial score (nSPS) is 15.9. The second-order valence-corrected chi connectivity index (χ2v) is 8.39. The Morgan fingerprint density at radius 2 is 1.69 bits per heavy atom. The van der Waals surface area contributed by atoms with E-state index in [4.69, 9.17) is 0 Å². The molecular weight excluding hydrogens is 410 g/mol. The number of anilines is 1. The van der Waals surface area contributed by atoms with E-state index in [2.05, 4.69) is 4.72 Å². The van der Waals surface area contributed by atoms with Crippen LogP contribution in [0.5, 0.6) is 0 Å². The molecule has 1 aliphatic rings. The predicted molar refractivity (Wildman–Crippen MR) is 98.1 cm³/mol. The number of hydrogen-bond donors (Lipinski definition) is 1. The molecule has 0 atom stereocenters. The van der Waals surface area contributed by atoms with E-state index in [0.717, 1.165) is 24.3 Å². The zero-order valence-electron chi connectivity index (χ0n) is 15.1. The smallest absolute Gasteiger partial charge is 0.370 e. The predicted octanol–water partition coefficient (Wildman–Crippen LogP) is 3.66. The highest BCUT2D eigenvalue weighted by Crippen LogP contribution is 2.33. The number of nitrogens with one attached hydrogen (secondary N) is 1. The summed E-state index contributed by atoms with van der Waals surface area (Å²) in [5.74, 6) is -0.540. The summed E-state index contributed by atoms with van der Waals surface area (Å²) in [5.41, 5.74) is -0.578. The standard InChI is InChI=1S/C19H17F4N3O2S/c20-15-2-4-17(5-3-15)29(27,28)25-16-7-9-26(10-8-16)18-6-1-14(19(21,22)23)11-13(18)12-24/h1-6,11,16,25H,7-10H2. The van der Waals surface area contributed by atoms with Gasteiger partial charge in [0, 0.05) is 19.1 Å². The molecule has 1 heterocycles. The molecule has 29 heavy (non-hydrogen) atoms. The average Bonchev–Trinajstić information content (AvgIpc) is 2.67. The van der Waals surface area contributed by atoms with Gasteiger partial charge in [-0.25, -0.2) is 17.5 Å². The van der Waals surface area contributed by atoms with Crippen LogP contribution in [-0.2, 0) is 16.2 Å². The minimum Gasteiger partial charge on any atom is -0.370 e. The van der Waals surface area contributed by atoms with Crippen molar-refractivity contribution in [2.45, 2.75) is 30.0 Å². The fraction of sp³-hybridized carbons (Fsp3) is 0.316. The minimum absolute atomic E-state index is 0.0455. The Hall–Kier alpha value is -2.64. The quantitative estimate of drug-likeness (QED) is 0.756. The second kappa shape index (κ2) is 8.00. The summed E-state index contributed by atoms with van der Waals surface area (Å²) in [7, 11) is -3.81. The monoisotopic (exact) mass is 427 g/mol. The van der Waals surface area contributed by atoms with Crippen LogP contribution in [0.4, 0.5) is 23.2 Å². The summed E-state index contributed by atoms with van der Waals surface area (Å²) >= 11 is 0. The molecule has 2 aromatic rings. The summed E-state index contributed by atoms with van der Waals surface area (Å²) in [6, 6.07) is 8.91. The Morgan fingerprint density at radius 1 is 1.07 bits per heavy atom. The zero-order valence-corrected chi connectivity index (χ0v) is 15.9. The van der Waals surface area contributed by atoms with E-state index in [1.165, 1.54) is 18.2 Å². The van der Waals surface area contributed by atoms with Gasteiger partial charge in [0.1, 0.15) is 11.9 Å². The van der Waals surface area contributed by atoms with Gasteiger partial charge in [0.15, 0.2) is 0 Å². The maximum Gasteiger partial charge on any atom is 0.416 e. The lowest BCUT2D eigenvalue weighted by Gasteiger charge is -2.34. The summed E-state index contributed by atoms with van der Waals surface area (Å²) in [6.07, 6.45) is -3.71. The van der Waals surface area contributed by atoms with Gasteiger partial charge in [-0.1, -0.05) is 0 Å². The van der Waals surface area contributed by atoms with Crippen LogP contribution in [0, 0.1) is 17.1 Å². The lowest BCUT2D eigenvalue weighted by Crippen LogP contribution is -2.44. The number of halogens is 4. The van der Waals surface area contributed by atoms with Gasteiger partial charge in [-0.3, -0.25) is 0 Å². The summed E-state index contributed by atoms with van der Waals surface area (Å²) in [6.45, 7) is 0.743. The molecule has 1 aliphatic heterocycles. The van der Waals surface area contributed by atoms with Crippen molar-refractivity contribution in [2.24, 2.45) is 0 Å². The van der Waals surface area contributed by atoms with Crippen LogP contribution in [0.25, 0.3) is 0 Å². The van der Waals surface area contributed by atoms with Gasteiger partial charge in [0.05, 0.1) is 21.7 Å². The topological polar surface area (TPSA) is 73.2 Å². The van der Waals surface area contributed by atoms with Crippen LogP contribution in [0.1, 0.15) is 24.0 Å².